The minimum Gasteiger partial charge on any atom is -0.308 e. The molecule has 100 valence electrons. The fourth-order valence-electron chi connectivity index (χ4n) is 1.41. The van der Waals surface area contributed by atoms with Gasteiger partial charge in [-0.2, -0.15) is 5.26 Å². The van der Waals surface area contributed by atoms with Gasteiger partial charge in [0, 0.05) is 23.9 Å². The second-order valence-corrected chi connectivity index (χ2v) is 6.51. The van der Waals surface area contributed by atoms with Gasteiger partial charge >= 0.3 is 0 Å². The lowest BCUT2D eigenvalue weighted by Gasteiger charge is -2.15. The van der Waals surface area contributed by atoms with Gasteiger partial charge in [0.05, 0.1) is 16.8 Å². The Morgan fingerprint density at radius 1 is 1.50 bits per heavy atom. The molecule has 0 saturated carbocycles. The molecule has 0 fully saturated rings. The van der Waals surface area contributed by atoms with E-state index in [2.05, 4.69) is 42.0 Å². The quantitative estimate of drug-likeness (QED) is 0.887. The van der Waals surface area contributed by atoms with E-state index in [4.69, 9.17) is 0 Å². The Bertz CT molecular complexity index is 411. The van der Waals surface area contributed by atoms with Gasteiger partial charge in [-0.25, -0.2) is 4.98 Å². The summed E-state index contributed by atoms with van der Waals surface area (Å²) in [4.78, 5) is 6.66. The summed E-state index contributed by atoms with van der Waals surface area (Å²) in [5, 5.41) is 15.5. The highest BCUT2D eigenvalue weighted by molar-refractivity contribution is 7.09. The smallest absolute Gasteiger partial charge is 0.139 e. The van der Waals surface area contributed by atoms with E-state index < -0.39 is 0 Å². The molecule has 0 spiro atoms. The molecule has 0 radical (unpaired) electrons. The summed E-state index contributed by atoms with van der Waals surface area (Å²) >= 11 is 1.63. The van der Waals surface area contributed by atoms with E-state index in [-0.39, 0.29) is 11.5 Å². The fourth-order valence-corrected chi connectivity index (χ4v) is 2.34. The van der Waals surface area contributed by atoms with Crippen molar-refractivity contribution in [2.24, 2.45) is 0 Å². The maximum absolute atomic E-state index is 9.20. The second kappa shape index (κ2) is 6.28. The van der Waals surface area contributed by atoms with Crippen molar-refractivity contribution in [2.75, 3.05) is 27.2 Å². The van der Waals surface area contributed by atoms with Crippen LogP contribution in [-0.4, -0.2) is 37.1 Å². The number of hydrogen-bond acceptors (Lipinski definition) is 5. The topological polar surface area (TPSA) is 52.0 Å². The normalized spacial score (nSPS) is 13.6. The van der Waals surface area contributed by atoms with Crippen LogP contribution in [0.3, 0.4) is 0 Å². The van der Waals surface area contributed by atoms with E-state index in [9.17, 15) is 5.26 Å². The molecule has 1 atom stereocenters. The summed E-state index contributed by atoms with van der Waals surface area (Å²) in [5.74, 6) is 0. The average molecular weight is 266 g/mol. The van der Waals surface area contributed by atoms with Gasteiger partial charge < -0.3 is 4.90 Å². The van der Waals surface area contributed by atoms with E-state index in [0.717, 1.165) is 23.8 Å². The van der Waals surface area contributed by atoms with Crippen LogP contribution in [0.15, 0.2) is 5.38 Å². The zero-order chi connectivity index (χ0) is 13.8. The number of hydrogen-bond donors (Lipinski definition) is 1. The van der Waals surface area contributed by atoms with Gasteiger partial charge in [-0.3, -0.25) is 5.32 Å². The van der Waals surface area contributed by atoms with E-state index in [1.807, 2.05) is 19.5 Å². The molecule has 0 aliphatic carbocycles. The molecule has 1 N–H and O–H groups in total. The number of aromatic nitrogens is 1. The summed E-state index contributed by atoms with van der Waals surface area (Å²) in [7, 11) is 4.03. The lowest BCUT2D eigenvalue weighted by atomic mass is 9.98. The molecule has 1 aromatic heterocycles. The molecule has 1 unspecified atom stereocenters. The Hall–Kier alpha value is -0.960. The molecule has 0 aromatic carbocycles. The van der Waals surface area contributed by atoms with Crippen molar-refractivity contribution in [1.82, 2.24) is 15.2 Å². The third-order valence-electron chi connectivity index (χ3n) is 2.50. The molecule has 1 rings (SSSR count). The summed E-state index contributed by atoms with van der Waals surface area (Å²) in [6.45, 7) is 8.10. The van der Waals surface area contributed by atoms with Crippen molar-refractivity contribution in [3.8, 4) is 6.07 Å². The monoisotopic (exact) mass is 266 g/mol. The van der Waals surface area contributed by atoms with Crippen molar-refractivity contribution >= 4 is 11.3 Å². The summed E-state index contributed by atoms with van der Waals surface area (Å²) in [6.07, 6.45) is 0. The average Bonchev–Trinajstić information content (AvgIpc) is 2.72. The highest BCUT2D eigenvalue weighted by Gasteiger charge is 2.21. The van der Waals surface area contributed by atoms with Crippen LogP contribution >= 0.6 is 11.3 Å². The lowest BCUT2D eigenvalue weighted by molar-refractivity contribution is 0.394. The van der Waals surface area contributed by atoms with Crippen LogP contribution in [-0.2, 0) is 5.41 Å². The molecule has 0 amide bonds. The molecular formula is C13H22N4S. The van der Waals surface area contributed by atoms with Crippen molar-refractivity contribution < 1.29 is 0 Å². The highest BCUT2D eigenvalue weighted by atomic mass is 32.1. The summed E-state index contributed by atoms with van der Waals surface area (Å²) in [5.41, 5.74) is 0.887. The molecule has 18 heavy (non-hydrogen) atoms. The molecule has 0 aliphatic rings. The Morgan fingerprint density at radius 2 is 2.17 bits per heavy atom. The van der Waals surface area contributed by atoms with Crippen molar-refractivity contribution in [1.29, 1.82) is 5.26 Å². The molecular weight excluding hydrogens is 244 g/mol. The van der Waals surface area contributed by atoms with Crippen LogP contribution in [0.2, 0.25) is 0 Å². The number of nitrogens with zero attached hydrogens (tertiary/aromatic N) is 3. The Balaban J connectivity index is 2.66. The largest absolute Gasteiger partial charge is 0.308 e. The number of nitriles is 1. The number of thiazole rings is 1. The summed E-state index contributed by atoms with van der Waals surface area (Å²) < 4.78 is 0. The molecule has 1 heterocycles. The van der Waals surface area contributed by atoms with E-state index >= 15 is 0 Å². The van der Waals surface area contributed by atoms with Gasteiger partial charge in [0.2, 0.25) is 0 Å². The number of nitrogens with one attached hydrogen (secondary N) is 1. The van der Waals surface area contributed by atoms with Gasteiger partial charge in [0.15, 0.2) is 0 Å². The molecule has 0 saturated heterocycles. The van der Waals surface area contributed by atoms with Crippen LogP contribution in [0.5, 0.6) is 0 Å². The van der Waals surface area contributed by atoms with Crippen LogP contribution < -0.4 is 5.32 Å². The van der Waals surface area contributed by atoms with Gasteiger partial charge in [-0.1, -0.05) is 20.8 Å². The Morgan fingerprint density at radius 3 is 2.61 bits per heavy atom. The minimum absolute atomic E-state index is 0.0482. The fraction of sp³-hybridized carbons (Fsp3) is 0.692. The minimum atomic E-state index is -0.308. The first-order valence-electron chi connectivity index (χ1n) is 6.08. The summed E-state index contributed by atoms with van der Waals surface area (Å²) in [6, 6.07) is 1.96. The first-order valence-corrected chi connectivity index (χ1v) is 6.96. The van der Waals surface area contributed by atoms with Crippen LogP contribution in [0.1, 0.15) is 37.5 Å². The van der Waals surface area contributed by atoms with Crippen LogP contribution in [0.25, 0.3) is 0 Å². The number of likely N-dealkylation sites (N-methyl/N-ethyl adjacent to an activating group) is 1. The highest BCUT2D eigenvalue weighted by Crippen LogP contribution is 2.27. The predicted octanol–water partition coefficient (Wildman–Crippen LogP) is 2.16. The van der Waals surface area contributed by atoms with Gasteiger partial charge in [-0.05, 0) is 14.1 Å². The molecule has 1 aromatic rings. The molecule has 0 bridgehead atoms. The van der Waals surface area contributed by atoms with Gasteiger partial charge in [-0.15, -0.1) is 11.3 Å². The van der Waals surface area contributed by atoms with Gasteiger partial charge in [0.25, 0.3) is 0 Å². The molecule has 5 heteroatoms. The maximum Gasteiger partial charge on any atom is 0.139 e. The maximum atomic E-state index is 9.20. The predicted molar refractivity (Wildman–Crippen MR) is 75.7 cm³/mol. The third kappa shape index (κ3) is 4.37. The molecule has 4 nitrogen and oxygen atoms in total. The standard InChI is InChI=1S/C13H22N4S/c1-13(2,3)12-16-11(9-18-12)10(8-14)15-6-7-17(4)5/h9-10,15H,6-7H2,1-5H3. The van der Waals surface area contributed by atoms with E-state index in [1.165, 1.54) is 0 Å². The first-order chi connectivity index (χ1) is 8.34. The first kappa shape index (κ1) is 15.1. The zero-order valence-corrected chi connectivity index (χ0v) is 12.6. The third-order valence-corrected chi connectivity index (χ3v) is 3.78. The van der Waals surface area contributed by atoms with Crippen molar-refractivity contribution in [3.63, 3.8) is 0 Å². The van der Waals surface area contributed by atoms with Crippen molar-refractivity contribution in [2.45, 2.75) is 32.2 Å². The number of rotatable bonds is 5. The van der Waals surface area contributed by atoms with E-state index in [0.29, 0.717) is 0 Å². The molecule has 0 aliphatic heterocycles. The second-order valence-electron chi connectivity index (χ2n) is 5.65. The van der Waals surface area contributed by atoms with Gasteiger partial charge in [0.1, 0.15) is 6.04 Å². The Kier molecular flexibility index (Phi) is 5.27. The lowest BCUT2D eigenvalue weighted by Crippen LogP contribution is -2.29. The Labute approximate surface area is 114 Å². The van der Waals surface area contributed by atoms with Crippen LogP contribution in [0, 0.1) is 11.3 Å². The van der Waals surface area contributed by atoms with Crippen molar-refractivity contribution in [3.05, 3.63) is 16.1 Å². The van der Waals surface area contributed by atoms with E-state index in [1.54, 1.807) is 11.3 Å². The SMILES string of the molecule is CN(C)CCNC(C#N)c1csc(C(C)(C)C)n1. The van der Waals surface area contributed by atoms with Crippen LogP contribution in [0.4, 0.5) is 0 Å². The zero-order valence-electron chi connectivity index (χ0n) is 11.8.